The molecule has 20 heavy (non-hydrogen) atoms. The number of benzene rings is 1. The number of methoxy groups -OCH3 is 1. The first kappa shape index (κ1) is 15.3. The lowest BCUT2D eigenvalue weighted by atomic mass is 9.84. The fourth-order valence-electron chi connectivity index (χ4n) is 3.32. The topological polar surface area (TPSA) is 35.2 Å². The van der Waals surface area contributed by atoms with Gasteiger partial charge >= 0.3 is 0 Å². The number of ether oxygens (including phenoxy) is 1. The summed E-state index contributed by atoms with van der Waals surface area (Å²) in [5, 5.41) is 0. The maximum Gasteiger partial charge on any atom is 0.168 e. The maximum atomic E-state index is 14.3. The standard InChI is InChI=1S/C17H26FNO/c1-3-13-6-5-10-17(19,11-9-13)12-14-7-4-8-15(20-2)16(14)18/h4,7-8,13H,3,5-6,9-12,19H2,1-2H3. The molecule has 3 heteroatoms. The first-order valence-electron chi connectivity index (χ1n) is 7.68. The van der Waals surface area contributed by atoms with Gasteiger partial charge in [0.2, 0.25) is 0 Å². The highest BCUT2D eigenvalue weighted by Crippen LogP contribution is 2.34. The van der Waals surface area contributed by atoms with Crippen molar-refractivity contribution in [2.45, 2.75) is 57.4 Å². The fourth-order valence-corrected chi connectivity index (χ4v) is 3.32. The van der Waals surface area contributed by atoms with Gasteiger partial charge in [0.15, 0.2) is 11.6 Å². The van der Waals surface area contributed by atoms with Crippen LogP contribution < -0.4 is 10.5 Å². The van der Waals surface area contributed by atoms with Crippen LogP contribution in [0.5, 0.6) is 5.75 Å². The number of rotatable bonds is 4. The molecule has 1 aliphatic rings. The monoisotopic (exact) mass is 279 g/mol. The zero-order valence-corrected chi connectivity index (χ0v) is 12.6. The van der Waals surface area contributed by atoms with Crippen LogP contribution in [0.2, 0.25) is 0 Å². The minimum Gasteiger partial charge on any atom is -0.494 e. The van der Waals surface area contributed by atoms with E-state index in [4.69, 9.17) is 10.5 Å². The molecule has 2 atom stereocenters. The molecule has 2 unspecified atom stereocenters. The lowest BCUT2D eigenvalue weighted by molar-refractivity contribution is 0.347. The summed E-state index contributed by atoms with van der Waals surface area (Å²) >= 11 is 0. The zero-order valence-electron chi connectivity index (χ0n) is 12.6. The Morgan fingerprint density at radius 2 is 2.15 bits per heavy atom. The Bertz CT molecular complexity index is 449. The van der Waals surface area contributed by atoms with Gasteiger partial charge in [-0.1, -0.05) is 38.3 Å². The summed E-state index contributed by atoms with van der Waals surface area (Å²) in [6.07, 6.45) is 7.38. The molecule has 1 aromatic rings. The first-order valence-corrected chi connectivity index (χ1v) is 7.68. The van der Waals surface area contributed by atoms with Crippen molar-refractivity contribution in [3.8, 4) is 5.75 Å². The second-order valence-electron chi connectivity index (χ2n) is 6.18. The Balaban J connectivity index is 2.12. The molecule has 2 nitrogen and oxygen atoms in total. The summed E-state index contributed by atoms with van der Waals surface area (Å²) in [6, 6.07) is 5.32. The SMILES string of the molecule is CCC1CCCC(N)(Cc2cccc(OC)c2F)CC1. The van der Waals surface area contributed by atoms with Gasteiger partial charge in [-0.15, -0.1) is 0 Å². The summed E-state index contributed by atoms with van der Waals surface area (Å²) in [5.74, 6) is 0.845. The van der Waals surface area contributed by atoms with Crippen LogP contribution in [0.4, 0.5) is 4.39 Å². The van der Waals surface area contributed by atoms with Crippen molar-refractivity contribution in [1.82, 2.24) is 0 Å². The molecule has 112 valence electrons. The third-order valence-electron chi connectivity index (χ3n) is 4.72. The normalized spacial score (nSPS) is 27.1. The molecule has 2 rings (SSSR count). The molecule has 0 amide bonds. The van der Waals surface area contributed by atoms with Crippen LogP contribution in [0.25, 0.3) is 0 Å². The molecular weight excluding hydrogens is 253 g/mol. The van der Waals surface area contributed by atoms with E-state index in [1.165, 1.54) is 26.4 Å². The Hall–Kier alpha value is -1.09. The van der Waals surface area contributed by atoms with Crippen molar-refractivity contribution in [1.29, 1.82) is 0 Å². The van der Waals surface area contributed by atoms with Gasteiger partial charge in [-0.2, -0.15) is 0 Å². The molecule has 0 aliphatic heterocycles. The Kier molecular flexibility index (Phi) is 5.03. The Labute approximate surface area is 121 Å². The lowest BCUT2D eigenvalue weighted by Crippen LogP contribution is -2.41. The van der Waals surface area contributed by atoms with E-state index >= 15 is 0 Å². The van der Waals surface area contributed by atoms with E-state index in [9.17, 15) is 4.39 Å². The van der Waals surface area contributed by atoms with E-state index < -0.39 is 0 Å². The van der Waals surface area contributed by atoms with Gasteiger partial charge < -0.3 is 10.5 Å². The van der Waals surface area contributed by atoms with E-state index in [-0.39, 0.29) is 11.4 Å². The number of hydrogen-bond acceptors (Lipinski definition) is 2. The first-order chi connectivity index (χ1) is 9.58. The second-order valence-corrected chi connectivity index (χ2v) is 6.18. The highest BCUT2D eigenvalue weighted by Gasteiger charge is 2.30. The molecule has 1 aliphatic carbocycles. The average Bonchev–Trinajstić information content (AvgIpc) is 2.63. The third-order valence-corrected chi connectivity index (χ3v) is 4.72. The van der Waals surface area contributed by atoms with E-state index in [2.05, 4.69) is 6.92 Å². The van der Waals surface area contributed by atoms with Crippen LogP contribution in [0, 0.1) is 11.7 Å². The van der Waals surface area contributed by atoms with Crippen LogP contribution >= 0.6 is 0 Å². The molecule has 0 bridgehead atoms. The summed E-state index contributed by atoms with van der Waals surface area (Å²) < 4.78 is 19.3. The average molecular weight is 279 g/mol. The van der Waals surface area contributed by atoms with Crippen molar-refractivity contribution >= 4 is 0 Å². The van der Waals surface area contributed by atoms with E-state index in [0.717, 1.165) is 25.2 Å². The Morgan fingerprint density at radius 1 is 1.35 bits per heavy atom. The van der Waals surface area contributed by atoms with Gasteiger partial charge in [0.1, 0.15) is 0 Å². The molecule has 1 aromatic carbocycles. The van der Waals surface area contributed by atoms with Crippen LogP contribution in [-0.4, -0.2) is 12.6 Å². The zero-order chi connectivity index (χ0) is 14.6. The van der Waals surface area contributed by atoms with Gasteiger partial charge in [-0.05, 0) is 43.2 Å². The van der Waals surface area contributed by atoms with Gasteiger partial charge in [0, 0.05) is 5.54 Å². The van der Waals surface area contributed by atoms with Crippen LogP contribution in [0.15, 0.2) is 18.2 Å². The molecule has 0 saturated heterocycles. The number of nitrogens with two attached hydrogens (primary N) is 1. The largest absolute Gasteiger partial charge is 0.494 e. The number of halogens is 1. The quantitative estimate of drug-likeness (QED) is 0.843. The van der Waals surface area contributed by atoms with Crippen LogP contribution in [0.3, 0.4) is 0 Å². The predicted molar refractivity (Wildman–Crippen MR) is 80.4 cm³/mol. The van der Waals surface area contributed by atoms with Gasteiger partial charge in [0.05, 0.1) is 7.11 Å². The minimum atomic E-state index is -0.267. The van der Waals surface area contributed by atoms with E-state index in [0.29, 0.717) is 17.7 Å². The fraction of sp³-hybridized carbons (Fsp3) is 0.647. The van der Waals surface area contributed by atoms with Gasteiger partial charge in [-0.25, -0.2) is 4.39 Å². The molecule has 1 saturated carbocycles. The summed E-state index contributed by atoms with van der Waals surface area (Å²) in [5.41, 5.74) is 6.98. The highest BCUT2D eigenvalue weighted by atomic mass is 19.1. The molecule has 0 heterocycles. The maximum absolute atomic E-state index is 14.3. The summed E-state index contributed by atoms with van der Waals surface area (Å²) in [7, 11) is 1.50. The van der Waals surface area contributed by atoms with Crippen molar-refractivity contribution in [3.05, 3.63) is 29.6 Å². The highest BCUT2D eigenvalue weighted by molar-refractivity contribution is 5.32. The molecule has 0 radical (unpaired) electrons. The van der Waals surface area contributed by atoms with Crippen LogP contribution in [0.1, 0.15) is 51.0 Å². The van der Waals surface area contributed by atoms with Crippen molar-refractivity contribution in [2.75, 3.05) is 7.11 Å². The summed E-state index contributed by atoms with van der Waals surface area (Å²) in [4.78, 5) is 0. The molecule has 0 spiro atoms. The smallest absolute Gasteiger partial charge is 0.168 e. The summed E-state index contributed by atoms with van der Waals surface area (Å²) in [6.45, 7) is 2.25. The van der Waals surface area contributed by atoms with Crippen molar-refractivity contribution in [3.63, 3.8) is 0 Å². The minimum absolute atomic E-state index is 0.254. The third kappa shape index (κ3) is 3.51. The van der Waals surface area contributed by atoms with Crippen molar-refractivity contribution in [2.24, 2.45) is 11.7 Å². The van der Waals surface area contributed by atoms with Crippen molar-refractivity contribution < 1.29 is 9.13 Å². The molecular formula is C17H26FNO. The Morgan fingerprint density at radius 3 is 2.85 bits per heavy atom. The van der Waals surface area contributed by atoms with Gasteiger partial charge in [0.25, 0.3) is 0 Å². The molecule has 1 fully saturated rings. The van der Waals surface area contributed by atoms with Gasteiger partial charge in [-0.3, -0.25) is 0 Å². The van der Waals surface area contributed by atoms with Crippen LogP contribution in [-0.2, 0) is 6.42 Å². The lowest BCUT2D eigenvalue weighted by Gasteiger charge is -2.28. The number of hydrogen-bond donors (Lipinski definition) is 1. The van der Waals surface area contributed by atoms with E-state index in [1.807, 2.05) is 12.1 Å². The molecule has 0 aromatic heterocycles. The predicted octanol–water partition coefficient (Wildman–Crippen LogP) is 4.06. The molecule has 2 N–H and O–H groups in total. The second kappa shape index (κ2) is 6.57. The van der Waals surface area contributed by atoms with E-state index in [1.54, 1.807) is 6.07 Å².